The Kier molecular flexibility index (Phi) is 3.66. The molecule has 2 atom stereocenters. The van der Waals surface area contributed by atoms with Gasteiger partial charge in [-0.05, 0) is 18.6 Å². The summed E-state index contributed by atoms with van der Waals surface area (Å²) in [5, 5.41) is 14.3. The quantitative estimate of drug-likeness (QED) is 0.739. The maximum absolute atomic E-state index is 12.7. The Labute approximate surface area is 137 Å². The molecular formula is C16H16N6O2. The van der Waals surface area contributed by atoms with Crippen LogP contribution in [0, 0.1) is 5.92 Å². The number of β-amino-alcohol motifs (C(OH)–C–C–N with tert-alkyl or cyclic N) is 1. The Morgan fingerprint density at radius 1 is 1.29 bits per heavy atom. The summed E-state index contributed by atoms with van der Waals surface area (Å²) in [6.45, 7) is 0.816. The molecule has 122 valence electrons. The van der Waals surface area contributed by atoms with E-state index in [0.717, 1.165) is 5.69 Å². The normalized spacial score (nSPS) is 20.6. The lowest BCUT2D eigenvalue weighted by Crippen LogP contribution is -2.29. The SMILES string of the molecule is O=C(c1ccn2ncnc2c1)N1C[C@@H](Cc2cnccn2)[C@H](O)C1. The van der Waals surface area contributed by atoms with E-state index < -0.39 is 6.10 Å². The van der Waals surface area contributed by atoms with Crippen molar-refractivity contribution in [2.75, 3.05) is 13.1 Å². The number of amides is 1. The molecule has 8 nitrogen and oxygen atoms in total. The fourth-order valence-electron chi connectivity index (χ4n) is 3.06. The number of likely N-dealkylation sites (tertiary alicyclic amines) is 1. The highest BCUT2D eigenvalue weighted by atomic mass is 16.3. The summed E-state index contributed by atoms with van der Waals surface area (Å²) in [6, 6.07) is 3.42. The van der Waals surface area contributed by atoms with Gasteiger partial charge in [-0.25, -0.2) is 9.50 Å². The van der Waals surface area contributed by atoms with Crippen LogP contribution in [0.5, 0.6) is 0 Å². The van der Waals surface area contributed by atoms with Crippen molar-refractivity contribution >= 4 is 11.6 Å². The zero-order valence-electron chi connectivity index (χ0n) is 12.9. The third kappa shape index (κ3) is 2.71. The Hall–Kier alpha value is -2.87. The van der Waals surface area contributed by atoms with Crippen LogP contribution < -0.4 is 0 Å². The standard InChI is InChI=1S/C16H16N6O2/c23-14-9-21(8-12(14)5-13-7-17-2-3-18-13)16(24)11-1-4-22-15(6-11)19-10-20-22/h1-4,6-7,10,12,14,23H,5,8-9H2/t12-,14-/m1/s1. The number of aromatic nitrogens is 5. The summed E-state index contributed by atoms with van der Waals surface area (Å²) in [5.41, 5.74) is 1.99. The minimum absolute atomic E-state index is 0.0394. The first kappa shape index (κ1) is 14.7. The largest absolute Gasteiger partial charge is 0.391 e. The van der Waals surface area contributed by atoms with Crippen molar-refractivity contribution in [2.45, 2.75) is 12.5 Å². The smallest absolute Gasteiger partial charge is 0.254 e. The number of aliphatic hydroxyl groups excluding tert-OH is 1. The lowest BCUT2D eigenvalue weighted by Gasteiger charge is -2.16. The van der Waals surface area contributed by atoms with Gasteiger partial charge in [0, 0.05) is 49.4 Å². The highest BCUT2D eigenvalue weighted by Gasteiger charge is 2.34. The summed E-state index contributed by atoms with van der Waals surface area (Å²) >= 11 is 0. The van der Waals surface area contributed by atoms with Gasteiger partial charge in [-0.1, -0.05) is 0 Å². The molecule has 8 heteroatoms. The van der Waals surface area contributed by atoms with Crippen molar-refractivity contribution in [2.24, 2.45) is 5.92 Å². The molecule has 4 heterocycles. The van der Waals surface area contributed by atoms with Crippen molar-refractivity contribution in [3.63, 3.8) is 0 Å². The molecule has 4 rings (SSSR count). The van der Waals surface area contributed by atoms with Crippen LogP contribution in [-0.2, 0) is 6.42 Å². The Morgan fingerprint density at radius 3 is 3.04 bits per heavy atom. The van der Waals surface area contributed by atoms with Gasteiger partial charge in [-0.2, -0.15) is 5.10 Å². The average Bonchev–Trinajstić information content (AvgIpc) is 3.21. The van der Waals surface area contributed by atoms with E-state index in [9.17, 15) is 9.90 Å². The number of aliphatic hydroxyl groups is 1. The number of nitrogens with zero attached hydrogens (tertiary/aromatic N) is 6. The molecule has 0 spiro atoms. The second-order valence-electron chi connectivity index (χ2n) is 5.92. The van der Waals surface area contributed by atoms with Crippen molar-refractivity contribution in [3.05, 3.63) is 54.5 Å². The third-order valence-corrected chi connectivity index (χ3v) is 4.31. The maximum atomic E-state index is 12.7. The molecule has 0 saturated carbocycles. The second kappa shape index (κ2) is 5.97. The molecule has 1 N–H and O–H groups in total. The van der Waals surface area contributed by atoms with Gasteiger partial charge in [0.15, 0.2) is 5.65 Å². The van der Waals surface area contributed by atoms with Crippen molar-refractivity contribution in [1.29, 1.82) is 0 Å². The van der Waals surface area contributed by atoms with E-state index in [1.54, 1.807) is 46.3 Å². The van der Waals surface area contributed by atoms with Crippen LogP contribution in [0.2, 0.25) is 0 Å². The Morgan fingerprint density at radius 2 is 2.21 bits per heavy atom. The highest BCUT2D eigenvalue weighted by Crippen LogP contribution is 2.22. The fourth-order valence-corrected chi connectivity index (χ4v) is 3.06. The molecule has 1 aliphatic rings. The highest BCUT2D eigenvalue weighted by molar-refractivity contribution is 5.95. The van der Waals surface area contributed by atoms with Crippen molar-refractivity contribution in [3.8, 4) is 0 Å². The molecule has 3 aromatic heterocycles. The average molecular weight is 324 g/mol. The summed E-state index contributed by atoms with van der Waals surface area (Å²) in [6.07, 6.45) is 8.13. The van der Waals surface area contributed by atoms with E-state index in [4.69, 9.17) is 0 Å². The minimum atomic E-state index is -0.562. The van der Waals surface area contributed by atoms with Crippen LogP contribution in [-0.4, -0.2) is 59.7 Å². The van der Waals surface area contributed by atoms with Gasteiger partial charge in [-0.15, -0.1) is 0 Å². The van der Waals surface area contributed by atoms with Gasteiger partial charge in [0.05, 0.1) is 11.8 Å². The summed E-state index contributed by atoms with van der Waals surface area (Å²) in [4.78, 5) is 26.7. The molecular weight excluding hydrogens is 308 g/mol. The topological polar surface area (TPSA) is 96.5 Å². The van der Waals surface area contributed by atoms with Gasteiger partial charge < -0.3 is 10.0 Å². The Balaban J connectivity index is 1.49. The fraction of sp³-hybridized carbons (Fsp3) is 0.312. The predicted molar refractivity (Wildman–Crippen MR) is 84.1 cm³/mol. The summed E-state index contributed by atoms with van der Waals surface area (Å²) < 4.78 is 1.60. The summed E-state index contributed by atoms with van der Waals surface area (Å²) in [5.74, 6) is -0.149. The maximum Gasteiger partial charge on any atom is 0.254 e. The van der Waals surface area contributed by atoms with Crippen molar-refractivity contribution in [1.82, 2.24) is 29.5 Å². The molecule has 1 fully saturated rings. The molecule has 1 amide bonds. The van der Waals surface area contributed by atoms with Crippen molar-refractivity contribution < 1.29 is 9.90 Å². The number of carbonyl (C=O) groups excluding carboxylic acids is 1. The molecule has 0 aromatic carbocycles. The van der Waals surface area contributed by atoms with Crippen LogP contribution in [0.3, 0.4) is 0 Å². The lowest BCUT2D eigenvalue weighted by molar-refractivity contribution is 0.0764. The summed E-state index contributed by atoms with van der Waals surface area (Å²) in [7, 11) is 0. The van der Waals surface area contributed by atoms with Gasteiger partial charge in [0.25, 0.3) is 5.91 Å². The molecule has 1 aliphatic heterocycles. The van der Waals surface area contributed by atoms with Gasteiger partial charge >= 0.3 is 0 Å². The Bertz CT molecular complexity index is 865. The van der Waals surface area contributed by atoms with Gasteiger partial charge in [-0.3, -0.25) is 14.8 Å². The van der Waals surface area contributed by atoms with Gasteiger partial charge in [0.2, 0.25) is 0 Å². The van der Waals surface area contributed by atoms with Crippen LogP contribution in [0.25, 0.3) is 5.65 Å². The third-order valence-electron chi connectivity index (χ3n) is 4.31. The van der Waals surface area contributed by atoms with E-state index in [1.807, 2.05) is 0 Å². The van der Waals surface area contributed by atoms with Crippen LogP contribution in [0.4, 0.5) is 0 Å². The van der Waals surface area contributed by atoms with Crippen LogP contribution in [0.1, 0.15) is 16.1 Å². The van der Waals surface area contributed by atoms with E-state index in [2.05, 4.69) is 20.1 Å². The number of hydrogen-bond acceptors (Lipinski definition) is 6. The minimum Gasteiger partial charge on any atom is -0.391 e. The molecule has 1 saturated heterocycles. The molecule has 24 heavy (non-hydrogen) atoms. The monoisotopic (exact) mass is 324 g/mol. The van der Waals surface area contributed by atoms with Gasteiger partial charge in [0.1, 0.15) is 6.33 Å². The van der Waals surface area contributed by atoms with E-state index >= 15 is 0 Å². The second-order valence-corrected chi connectivity index (χ2v) is 5.92. The molecule has 3 aromatic rings. The number of carbonyl (C=O) groups is 1. The first-order valence-corrected chi connectivity index (χ1v) is 7.72. The van der Waals surface area contributed by atoms with Crippen LogP contribution >= 0.6 is 0 Å². The first-order valence-electron chi connectivity index (χ1n) is 7.72. The predicted octanol–water partition coefficient (Wildman–Crippen LogP) is 0.195. The number of hydrogen-bond donors (Lipinski definition) is 1. The molecule has 0 bridgehead atoms. The number of pyridine rings is 1. The number of fused-ring (bicyclic) bond motifs is 1. The molecule has 0 unspecified atom stereocenters. The van der Waals surface area contributed by atoms with E-state index in [0.29, 0.717) is 30.7 Å². The number of rotatable bonds is 3. The molecule has 0 aliphatic carbocycles. The van der Waals surface area contributed by atoms with E-state index in [1.165, 1.54) is 6.33 Å². The zero-order valence-corrected chi connectivity index (χ0v) is 12.9. The first-order chi connectivity index (χ1) is 11.7. The zero-order chi connectivity index (χ0) is 16.5. The molecule has 0 radical (unpaired) electrons. The van der Waals surface area contributed by atoms with Crippen LogP contribution in [0.15, 0.2) is 43.2 Å². The van der Waals surface area contributed by atoms with E-state index in [-0.39, 0.29) is 11.8 Å². The lowest BCUT2D eigenvalue weighted by atomic mass is 10.0.